The van der Waals surface area contributed by atoms with E-state index in [0.717, 1.165) is 31.2 Å². The maximum Gasteiger partial charge on any atom is 0.246 e. The Labute approximate surface area is 143 Å². The quantitative estimate of drug-likeness (QED) is 0.653. The number of rotatable bonds is 4. The standard InChI is InChI=1S/C18H26N4O2/c19-17(23)16-10-9-15(24-16)13-20-18(22-11-5-2-6-12-22)21-14-7-3-1-4-8-14/h1,3-4,7-8,15-16H,2,5-6,9-13H2,(H2,19,23)(H,20,21). The molecule has 2 fully saturated rings. The number of carbonyl (C=O) groups is 1. The van der Waals surface area contributed by atoms with Gasteiger partial charge in [0.2, 0.25) is 5.91 Å². The SMILES string of the molecule is NC(=O)C1CCC(CN=C(Nc2ccccc2)N2CCCCC2)O1. The Hall–Kier alpha value is -2.08. The van der Waals surface area contributed by atoms with E-state index in [1.165, 1.54) is 19.3 Å². The Morgan fingerprint density at radius 2 is 1.96 bits per heavy atom. The van der Waals surface area contributed by atoms with Crippen LogP contribution in [0, 0.1) is 0 Å². The second-order valence-corrected chi connectivity index (χ2v) is 6.43. The van der Waals surface area contributed by atoms with Crippen LogP contribution in [0.4, 0.5) is 5.69 Å². The highest BCUT2D eigenvalue weighted by atomic mass is 16.5. The molecule has 2 unspecified atom stereocenters. The highest BCUT2D eigenvalue weighted by Crippen LogP contribution is 2.20. The second kappa shape index (κ2) is 8.15. The summed E-state index contributed by atoms with van der Waals surface area (Å²) >= 11 is 0. The predicted octanol–water partition coefficient (Wildman–Crippen LogP) is 1.97. The fourth-order valence-electron chi connectivity index (χ4n) is 3.21. The molecule has 2 saturated heterocycles. The minimum atomic E-state index is -0.453. The van der Waals surface area contributed by atoms with Gasteiger partial charge in [0.1, 0.15) is 6.10 Å². The number of nitrogens with one attached hydrogen (secondary N) is 1. The van der Waals surface area contributed by atoms with Crippen molar-refractivity contribution in [3.8, 4) is 0 Å². The summed E-state index contributed by atoms with van der Waals surface area (Å²) in [5.74, 6) is 0.521. The Morgan fingerprint density at radius 1 is 1.21 bits per heavy atom. The molecule has 1 aromatic carbocycles. The van der Waals surface area contributed by atoms with E-state index in [9.17, 15) is 4.79 Å². The van der Waals surface area contributed by atoms with Gasteiger partial charge < -0.3 is 20.7 Å². The van der Waals surface area contributed by atoms with Crippen molar-refractivity contribution in [3.05, 3.63) is 30.3 Å². The van der Waals surface area contributed by atoms with Crippen molar-refractivity contribution in [2.24, 2.45) is 10.7 Å². The maximum absolute atomic E-state index is 11.2. The molecule has 6 nitrogen and oxygen atoms in total. The van der Waals surface area contributed by atoms with Gasteiger partial charge in [-0.05, 0) is 44.2 Å². The summed E-state index contributed by atoms with van der Waals surface area (Å²) in [5.41, 5.74) is 6.35. The number of piperidine rings is 1. The van der Waals surface area contributed by atoms with E-state index in [1.807, 2.05) is 30.3 Å². The number of guanidine groups is 1. The van der Waals surface area contributed by atoms with Crippen LogP contribution < -0.4 is 11.1 Å². The number of hydrogen-bond donors (Lipinski definition) is 2. The van der Waals surface area contributed by atoms with Crippen molar-refractivity contribution in [1.29, 1.82) is 0 Å². The molecule has 6 heteroatoms. The first kappa shape index (κ1) is 16.8. The first-order valence-corrected chi connectivity index (χ1v) is 8.78. The first-order chi connectivity index (χ1) is 11.7. The number of anilines is 1. The predicted molar refractivity (Wildman–Crippen MR) is 94.9 cm³/mol. The molecule has 2 aliphatic heterocycles. The maximum atomic E-state index is 11.2. The number of para-hydroxylation sites is 1. The van der Waals surface area contributed by atoms with Gasteiger partial charge in [-0.3, -0.25) is 9.79 Å². The van der Waals surface area contributed by atoms with Crippen LogP contribution in [-0.2, 0) is 9.53 Å². The van der Waals surface area contributed by atoms with Gasteiger partial charge in [-0.25, -0.2) is 0 Å². The lowest BCUT2D eigenvalue weighted by molar-refractivity contribution is -0.128. The molecule has 0 radical (unpaired) electrons. The van der Waals surface area contributed by atoms with Crippen molar-refractivity contribution < 1.29 is 9.53 Å². The molecule has 0 aliphatic carbocycles. The molecule has 0 bridgehead atoms. The van der Waals surface area contributed by atoms with Crippen LogP contribution in [0.1, 0.15) is 32.1 Å². The highest BCUT2D eigenvalue weighted by molar-refractivity contribution is 5.93. The smallest absolute Gasteiger partial charge is 0.246 e. The first-order valence-electron chi connectivity index (χ1n) is 8.78. The Kier molecular flexibility index (Phi) is 5.69. The normalized spacial score (nSPS) is 24.8. The molecule has 1 aromatic rings. The molecule has 24 heavy (non-hydrogen) atoms. The number of primary amides is 1. The summed E-state index contributed by atoms with van der Waals surface area (Å²) in [6, 6.07) is 10.1. The summed E-state index contributed by atoms with van der Waals surface area (Å²) in [6.07, 6.45) is 4.71. The molecule has 2 heterocycles. The third-order valence-corrected chi connectivity index (χ3v) is 4.56. The van der Waals surface area contributed by atoms with E-state index < -0.39 is 6.10 Å². The summed E-state index contributed by atoms with van der Waals surface area (Å²) in [6.45, 7) is 2.59. The van der Waals surface area contributed by atoms with Crippen molar-refractivity contribution in [2.75, 3.05) is 25.0 Å². The summed E-state index contributed by atoms with van der Waals surface area (Å²) in [4.78, 5) is 18.3. The fraction of sp³-hybridized carbons (Fsp3) is 0.556. The number of benzene rings is 1. The number of nitrogens with two attached hydrogens (primary N) is 1. The molecule has 1 amide bonds. The van der Waals surface area contributed by atoms with Crippen LogP contribution in [0.25, 0.3) is 0 Å². The van der Waals surface area contributed by atoms with E-state index >= 15 is 0 Å². The van der Waals surface area contributed by atoms with Crippen LogP contribution >= 0.6 is 0 Å². The average molecular weight is 330 g/mol. The number of likely N-dealkylation sites (tertiary alicyclic amines) is 1. The molecule has 3 N–H and O–H groups in total. The van der Waals surface area contributed by atoms with Gasteiger partial charge in [0.05, 0.1) is 12.6 Å². The lowest BCUT2D eigenvalue weighted by Crippen LogP contribution is -2.40. The van der Waals surface area contributed by atoms with E-state index in [2.05, 4.69) is 10.2 Å². The summed E-state index contributed by atoms with van der Waals surface area (Å²) in [5, 5.41) is 3.44. The van der Waals surface area contributed by atoms with Gasteiger partial charge in [-0.1, -0.05) is 18.2 Å². The summed E-state index contributed by atoms with van der Waals surface area (Å²) < 4.78 is 5.68. The molecular weight excluding hydrogens is 304 g/mol. The minimum Gasteiger partial charge on any atom is -0.367 e. The molecule has 0 saturated carbocycles. The van der Waals surface area contributed by atoms with E-state index in [0.29, 0.717) is 13.0 Å². The van der Waals surface area contributed by atoms with Crippen molar-refractivity contribution in [1.82, 2.24) is 4.90 Å². The number of aliphatic imine (C=N–C) groups is 1. The number of nitrogens with zero attached hydrogens (tertiary/aromatic N) is 2. The van der Waals surface area contributed by atoms with Gasteiger partial charge in [0.15, 0.2) is 5.96 Å². The largest absolute Gasteiger partial charge is 0.367 e. The van der Waals surface area contributed by atoms with E-state index in [4.69, 9.17) is 15.5 Å². The van der Waals surface area contributed by atoms with Crippen molar-refractivity contribution >= 4 is 17.6 Å². The topological polar surface area (TPSA) is 80.0 Å². The van der Waals surface area contributed by atoms with Gasteiger partial charge >= 0.3 is 0 Å². The third kappa shape index (κ3) is 4.47. The highest BCUT2D eigenvalue weighted by Gasteiger charge is 2.29. The molecule has 3 rings (SSSR count). The van der Waals surface area contributed by atoms with Crippen molar-refractivity contribution in [3.63, 3.8) is 0 Å². The van der Waals surface area contributed by atoms with Crippen molar-refractivity contribution in [2.45, 2.75) is 44.3 Å². The van der Waals surface area contributed by atoms with Gasteiger partial charge in [-0.2, -0.15) is 0 Å². The molecule has 0 aromatic heterocycles. The number of ether oxygens (including phenoxy) is 1. The number of amides is 1. The zero-order chi connectivity index (χ0) is 16.8. The molecule has 2 atom stereocenters. The molecule has 2 aliphatic rings. The molecule has 0 spiro atoms. The van der Waals surface area contributed by atoms with Gasteiger partial charge in [-0.15, -0.1) is 0 Å². The third-order valence-electron chi connectivity index (χ3n) is 4.56. The minimum absolute atomic E-state index is 0.0279. The van der Waals surface area contributed by atoms with E-state index in [1.54, 1.807) is 0 Å². The molecule has 130 valence electrons. The van der Waals surface area contributed by atoms with Crippen LogP contribution in [0.3, 0.4) is 0 Å². The number of carbonyl (C=O) groups excluding carboxylic acids is 1. The van der Waals surface area contributed by atoms with Crippen LogP contribution in [-0.4, -0.2) is 48.6 Å². The van der Waals surface area contributed by atoms with Crippen LogP contribution in [0.5, 0.6) is 0 Å². The summed E-state index contributed by atoms with van der Waals surface area (Å²) in [7, 11) is 0. The van der Waals surface area contributed by atoms with Crippen LogP contribution in [0.15, 0.2) is 35.3 Å². The zero-order valence-electron chi connectivity index (χ0n) is 14.0. The Morgan fingerprint density at radius 3 is 2.62 bits per heavy atom. The lowest BCUT2D eigenvalue weighted by Gasteiger charge is -2.30. The average Bonchev–Trinajstić information content (AvgIpc) is 3.09. The Bertz CT molecular complexity index is 570. The Balaban J connectivity index is 1.65. The second-order valence-electron chi connectivity index (χ2n) is 6.43. The zero-order valence-corrected chi connectivity index (χ0v) is 14.0. The van der Waals surface area contributed by atoms with Gasteiger partial charge in [0.25, 0.3) is 0 Å². The molecular formula is C18H26N4O2. The van der Waals surface area contributed by atoms with Gasteiger partial charge in [0, 0.05) is 18.8 Å². The number of hydrogen-bond acceptors (Lipinski definition) is 3. The lowest BCUT2D eigenvalue weighted by atomic mass is 10.1. The monoisotopic (exact) mass is 330 g/mol. The van der Waals surface area contributed by atoms with Crippen LogP contribution in [0.2, 0.25) is 0 Å². The van der Waals surface area contributed by atoms with E-state index in [-0.39, 0.29) is 12.0 Å². The fourth-order valence-corrected chi connectivity index (χ4v) is 3.21.